The minimum Gasteiger partial charge on any atom is -0.508 e. The van der Waals surface area contributed by atoms with Crippen LogP contribution in [0.2, 0.25) is 0 Å². The van der Waals surface area contributed by atoms with Crippen molar-refractivity contribution in [1.29, 1.82) is 0 Å². The average Bonchev–Trinajstić information content (AvgIpc) is 2.25. The van der Waals surface area contributed by atoms with E-state index in [4.69, 9.17) is 5.73 Å². The Kier molecular flexibility index (Phi) is 5.11. The molecule has 106 valence electrons. The van der Waals surface area contributed by atoms with E-state index in [1.807, 2.05) is 0 Å². The van der Waals surface area contributed by atoms with E-state index in [9.17, 15) is 20.3 Å². The first-order valence-corrected chi connectivity index (χ1v) is 5.91. The second kappa shape index (κ2) is 6.18. The number of nitro groups is 1. The highest BCUT2D eigenvalue weighted by molar-refractivity contribution is 5.85. The summed E-state index contributed by atoms with van der Waals surface area (Å²) >= 11 is 0. The number of aromatic hydroxyl groups is 1. The minimum atomic E-state index is -0.845. The number of hydrogen-bond donors (Lipinski definition) is 3. The molecule has 1 aromatic carbocycles. The number of halogens is 1. The molecule has 1 fully saturated rings. The summed E-state index contributed by atoms with van der Waals surface area (Å²) in [7, 11) is 0. The van der Waals surface area contributed by atoms with E-state index < -0.39 is 17.1 Å². The van der Waals surface area contributed by atoms with E-state index >= 15 is 0 Å². The molecular weight excluding hydrogens is 272 g/mol. The van der Waals surface area contributed by atoms with Crippen LogP contribution in [-0.2, 0) is 0 Å². The lowest BCUT2D eigenvalue weighted by Crippen LogP contribution is -2.36. The van der Waals surface area contributed by atoms with Crippen LogP contribution in [0.25, 0.3) is 0 Å². The maximum atomic E-state index is 10.9. The molecule has 6 nitrogen and oxygen atoms in total. The molecule has 0 aromatic heterocycles. The first-order valence-electron chi connectivity index (χ1n) is 5.91. The molecule has 0 saturated heterocycles. The predicted molar refractivity (Wildman–Crippen MR) is 72.3 cm³/mol. The Morgan fingerprint density at radius 1 is 1.42 bits per heavy atom. The molecule has 2 atom stereocenters. The van der Waals surface area contributed by atoms with Gasteiger partial charge in [-0.1, -0.05) is 6.42 Å². The van der Waals surface area contributed by atoms with Crippen LogP contribution < -0.4 is 5.73 Å². The van der Waals surface area contributed by atoms with Crippen LogP contribution in [-0.4, -0.2) is 21.2 Å². The van der Waals surface area contributed by atoms with Gasteiger partial charge < -0.3 is 15.9 Å². The van der Waals surface area contributed by atoms with E-state index in [1.54, 1.807) is 0 Å². The maximum Gasteiger partial charge on any atom is 0.274 e. The quantitative estimate of drug-likeness (QED) is 0.579. The smallest absolute Gasteiger partial charge is 0.274 e. The van der Waals surface area contributed by atoms with Gasteiger partial charge in [0, 0.05) is 6.07 Å². The normalized spacial score (nSPS) is 18.0. The molecular formula is C12H17ClN2O4. The van der Waals surface area contributed by atoms with Crippen LogP contribution in [0.5, 0.6) is 5.75 Å². The van der Waals surface area contributed by atoms with Gasteiger partial charge >= 0.3 is 0 Å². The molecule has 0 aliphatic heterocycles. The number of phenolic OH excluding ortho intramolecular Hbond substituents is 1. The summed E-state index contributed by atoms with van der Waals surface area (Å²) in [5.41, 5.74) is 5.90. The molecule has 0 radical (unpaired) electrons. The van der Waals surface area contributed by atoms with Gasteiger partial charge in [0.25, 0.3) is 5.69 Å². The number of hydrogen-bond acceptors (Lipinski definition) is 5. The van der Waals surface area contributed by atoms with Crippen LogP contribution in [0.15, 0.2) is 18.2 Å². The molecule has 0 heterocycles. The monoisotopic (exact) mass is 288 g/mol. The number of nitrogens with two attached hydrogens (primary N) is 1. The van der Waals surface area contributed by atoms with Gasteiger partial charge in [-0.2, -0.15) is 0 Å². The second-order valence-corrected chi connectivity index (χ2v) is 4.71. The first-order chi connectivity index (χ1) is 8.50. The number of nitro benzene ring substituents is 1. The van der Waals surface area contributed by atoms with Crippen molar-refractivity contribution in [3.05, 3.63) is 33.9 Å². The standard InChI is InChI=1S/C12H16N2O4.ClH/c13-11(12(16)7-2-1-3-7)9-6-8(15)4-5-10(9)14(17)18;/h4-7,11-12,15-16H,1-3,13H2;1H/t11-,12+;/m1./s1. The van der Waals surface area contributed by atoms with Gasteiger partial charge in [-0.05, 0) is 30.9 Å². The van der Waals surface area contributed by atoms with Crippen molar-refractivity contribution in [3.63, 3.8) is 0 Å². The van der Waals surface area contributed by atoms with E-state index in [-0.39, 0.29) is 35.3 Å². The maximum absolute atomic E-state index is 10.9. The highest BCUT2D eigenvalue weighted by Gasteiger charge is 2.33. The zero-order chi connectivity index (χ0) is 13.3. The average molecular weight is 289 g/mol. The Morgan fingerprint density at radius 2 is 2.05 bits per heavy atom. The molecule has 1 aliphatic rings. The fourth-order valence-corrected chi connectivity index (χ4v) is 2.23. The van der Waals surface area contributed by atoms with Crippen LogP contribution in [0, 0.1) is 16.0 Å². The van der Waals surface area contributed by atoms with Gasteiger partial charge in [0.15, 0.2) is 0 Å². The summed E-state index contributed by atoms with van der Waals surface area (Å²) in [6.07, 6.45) is 2.03. The van der Waals surface area contributed by atoms with Gasteiger partial charge in [0.2, 0.25) is 0 Å². The Labute approximate surface area is 116 Å². The number of benzene rings is 1. The molecule has 0 bridgehead atoms. The van der Waals surface area contributed by atoms with Crippen LogP contribution >= 0.6 is 12.4 Å². The number of aliphatic hydroxyl groups is 1. The lowest BCUT2D eigenvalue weighted by atomic mass is 9.77. The molecule has 0 spiro atoms. The van der Waals surface area contributed by atoms with Crippen molar-refractivity contribution in [2.45, 2.75) is 31.4 Å². The highest BCUT2D eigenvalue weighted by atomic mass is 35.5. The van der Waals surface area contributed by atoms with Gasteiger partial charge in [-0.25, -0.2) is 0 Å². The number of nitrogens with zero attached hydrogens (tertiary/aromatic N) is 1. The Hall–Kier alpha value is -1.37. The molecule has 1 aromatic rings. The van der Waals surface area contributed by atoms with E-state index in [0.29, 0.717) is 0 Å². The zero-order valence-electron chi connectivity index (χ0n) is 10.2. The molecule has 0 amide bonds. The summed E-state index contributed by atoms with van der Waals surface area (Å²) in [4.78, 5) is 10.3. The summed E-state index contributed by atoms with van der Waals surface area (Å²) in [5.74, 6) is 0.00816. The van der Waals surface area contributed by atoms with Gasteiger partial charge in [0.05, 0.1) is 22.6 Å². The third-order valence-corrected chi connectivity index (χ3v) is 3.57. The molecule has 1 aliphatic carbocycles. The molecule has 0 unspecified atom stereocenters. The molecule has 2 rings (SSSR count). The molecule has 7 heteroatoms. The predicted octanol–water partition coefficient (Wildman–Crippen LogP) is 1.88. The first kappa shape index (κ1) is 15.7. The molecule has 4 N–H and O–H groups in total. The summed E-state index contributed by atoms with van der Waals surface area (Å²) in [6, 6.07) is 2.86. The summed E-state index contributed by atoms with van der Waals surface area (Å²) in [6.45, 7) is 0. The van der Waals surface area contributed by atoms with Gasteiger partial charge in [-0.3, -0.25) is 10.1 Å². The van der Waals surface area contributed by atoms with Crippen molar-refractivity contribution >= 4 is 18.1 Å². The largest absolute Gasteiger partial charge is 0.508 e. The summed E-state index contributed by atoms with van der Waals surface area (Å²) < 4.78 is 0. The van der Waals surface area contributed by atoms with Crippen LogP contribution in [0.1, 0.15) is 30.9 Å². The fourth-order valence-electron chi connectivity index (χ4n) is 2.23. The lowest BCUT2D eigenvalue weighted by Gasteiger charge is -2.33. The van der Waals surface area contributed by atoms with Crippen LogP contribution in [0.3, 0.4) is 0 Å². The second-order valence-electron chi connectivity index (χ2n) is 4.71. The van der Waals surface area contributed by atoms with Crippen molar-refractivity contribution in [2.24, 2.45) is 11.7 Å². The van der Waals surface area contributed by atoms with Crippen molar-refractivity contribution < 1.29 is 15.1 Å². The third kappa shape index (κ3) is 3.15. The van der Waals surface area contributed by atoms with Crippen molar-refractivity contribution in [1.82, 2.24) is 0 Å². The van der Waals surface area contributed by atoms with E-state index in [0.717, 1.165) is 19.3 Å². The van der Waals surface area contributed by atoms with Crippen LogP contribution in [0.4, 0.5) is 5.69 Å². The fraction of sp³-hybridized carbons (Fsp3) is 0.500. The van der Waals surface area contributed by atoms with E-state index in [2.05, 4.69) is 0 Å². The SMILES string of the molecule is Cl.N[C@H](c1cc(O)ccc1[N+](=O)[O-])[C@@H](O)C1CCC1. The number of rotatable bonds is 4. The third-order valence-electron chi connectivity index (χ3n) is 3.57. The van der Waals surface area contributed by atoms with Gasteiger partial charge in [-0.15, -0.1) is 12.4 Å². The Balaban J connectivity index is 0.00000180. The Morgan fingerprint density at radius 3 is 2.53 bits per heavy atom. The minimum absolute atomic E-state index is 0. The topological polar surface area (TPSA) is 110 Å². The number of aliphatic hydroxyl groups excluding tert-OH is 1. The summed E-state index contributed by atoms with van der Waals surface area (Å²) in [5, 5.41) is 30.4. The zero-order valence-corrected chi connectivity index (χ0v) is 11.0. The Bertz CT molecular complexity index is 465. The van der Waals surface area contributed by atoms with Crippen molar-refractivity contribution in [2.75, 3.05) is 0 Å². The molecule has 1 saturated carbocycles. The number of phenols is 1. The highest BCUT2D eigenvalue weighted by Crippen LogP contribution is 2.37. The van der Waals surface area contributed by atoms with Crippen molar-refractivity contribution in [3.8, 4) is 5.75 Å². The molecule has 19 heavy (non-hydrogen) atoms. The van der Waals surface area contributed by atoms with Gasteiger partial charge in [0.1, 0.15) is 5.75 Å². The van der Waals surface area contributed by atoms with E-state index in [1.165, 1.54) is 18.2 Å². The lowest BCUT2D eigenvalue weighted by molar-refractivity contribution is -0.385.